The van der Waals surface area contributed by atoms with Gasteiger partial charge in [-0.15, -0.1) is 0 Å². The molecule has 2 aromatic carbocycles. The van der Waals surface area contributed by atoms with Crippen LogP contribution in [0, 0.1) is 0 Å². The quantitative estimate of drug-likeness (QED) is 0.511. The Morgan fingerprint density at radius 1 is 1.00 bits per heavy atom. The second kappa shape index (κ2) is 11.7. The monoisotopic (exact) mass is 466 g/mol. The van der Waals surface area contributed by atoms with E-state index in [0.717, 1.165) is 30.1 Å². The minimum absolute atomic E-state index is 0.0213. The van der Waals surface area contributed by atoms with Gasteiger partial charge in [0.05, 0.1) is 18.2 Å². The van der Waals surface area contributed by atoms with Gasteiger partial charge in [0.25, 0.3) is 5.91 Å². The molecule has 0 spiro atoms. The van der Waals surface area contributed by atoms with E-state index in [2.05, 4.69) is 53.6 Å². The minimum atomic E-state index is -0.305. The highest BCUT2D eigenvalue weighted by Gasteiger charge is 2.32. The van der Waals surface area contributed by atoms with E-state index in [1.165, 1.54) is 5.69 Å². The molecule has 3 rings (SSSR count). The number of para-hydroxylation sites is 1. The first-order chi connectivity index (χ1) is 16.0. The lowest BCUT2D eigenvalue weighted by Crippen LogP contribution is -2.48. The van der Waals surface area contributed by atoms with Crippen LogP contribution in [0.1, 0.15) is 39.3 Å². The molecule has 0 aliphatic carbocycles. The van der Waals surface area contributed by atoms with E-state index in [9.17, 15) is 4.79 Å². The zero-order chi connectivity index (χ0) is 23.8. The largest absolute Gasteiger partial charge is 0.492 e. The summed E-state index contributed by atoms with van der Waals surface area (Å²) in [5.74, 6) is 0.779. The first-order valence-electron chi connectivity index (χ1n) is 11.6. The molecular weight excluding hydrogens is 432 g/mol. The molecule has 1 heterocycles. The molecule has 1 aliphatic rings. The molecule has 0 bridgehead atoms. The molecule has 2 aromatic rings. The summed E-state index contributed by atoms with van der Waals surface area (Å²) in [5.41, 5.74) is 3.64. The number of carbonyl (C=O) groups is 1. The number of amides is 1. The fourth-order valence-corrected chi connectivity index (χ4v) is 4.33. The third-order valence-corrected chi connectivity index (χ3v) is 6.12. The Bertz CT molecular complexity index is 972. The van der Waals surface area contributed by atoms with E-state index in [-0.39, 0.29) is 11.9 Å². The molecule has 1 unspecified atom stereocenters. The fourth-order valence-electron chi connectivity index (χ4n) is 4.06. The first-order valence-corrected chi connectivity index (χ1v) is 12.0. The topological polar surface area (TPSA) is 56.8 Å². The Morgan fingerprint density at radius 3 is 2.27 bits per heavy atom. The van der Waals surface area contributed by atoms with Gasteiger partial charge in [0, 0.05) is 31.0 Å². The van der Waals surface area contributed by atoms with Crippen molar-refractivity contribution in [2.24, 2.45) is 0 Å². The third kappa shape index (κ3) is 6.05. The maximum Gasteiger partial charge on any atom is 0.254 e. The summed E-state index contributed by atoms with van der Waals surface area (Å²) in [6, 6.07) is 17.7. The molecule has 6 nitrogen and oxygen atoms in total. The Morgan fingerprint density at radius 2 is 1.67 bits per heavy atom. The maximum absolute atomic E-state index is 13.6. The van der Waals surface area contributed by atoms with Crippen LogP contribution in [0.2, 0.25) is 0 Å². The lowest BCUT2D eigenvalue weighted by atomic mass is 9.94. The Kier molecular flexibility index (Phi) is 8.72. The predicted octanol–water partition coefficient (Wildman–Crippen LogP) is 4.25. The summed E-state index contributed by atoms with van der Waals surface area (Å²) in [4.78, 5) is 17.7. The Balaban J connectivity index is 1.79. The van der Waals surface area contributed by atoms with Crippen molar-refractivity contribution < 1.29 is 9.53 Å². The van der Waals surface area contributed by atoms with Gasteiger partial charge in [-0.25, -0.2) is 0 Å². The molecule has 0 saturated heterocycles. The predicted molar refractivity (Wildman–Crippen MR) is 139 cm³/mol. The molecule has 1 aliphatic heterocycles. The van der Waals surface area contributed by atoms with Crippen molar-refractivity contribution in [2.75, 3.05) is 37.7 Å². The van der Waals surface area contributed by atoms with Gasteiger partial charge in [0.15, 0.2) is 5.11 Å². The van der Waals surface area contributed by atoms with Gasteiger partial charge in [0.2, 0.25) is 0 Å². The number of benzene rings is 2. The number of hydrogen-bond acceptors (Lipinski definition) is 4. The van der Waals surface area contributed by atoms with E-state index in [4.69, 9.17) is 17.0 Å². The highest BCUT2D eigenvalue weighted by atomic mass is 32.1. The van der Waals surface area contributed by atoms with Gasteiger partial charge in [-0.3, -0.25) is 4.79 Å². The van der Waals surface area contributed by atoms with Gasteiger partial charge >= 0.3 is 0 Å². The number of nitrogens with zero attached hydrogens (tertiary/aromatic N) is 2. The molecular formula is C26H34N4O2S. The van der Waals surface area contributed by atoms with Crippen molar-refractivity contribution in [1.82, 2.24) is 15.5 Å². The van der Waals surface area contributed by atoms with Crippen LogP contribution in [0.15, 0.2) is 65.9 Å². The van der Waals surface area contributed by atoms with Crippen molar-refractivity contribution in [3.63, 3.8) is 0 Å². The van der Waals surface area contributed by atoms with Crippen LogP contribution in [0.3, 0.4) is 0 Å². The van der Waals surface area contributed by atoms with E-state index in [0.29, 0.717) is 30.4 Å². The fraction of sp³-hybridized carbons (Fsp3) is 0.385. The second-order valence-electron chi connectivity index (χ2n) is 7.88. The van der Waals surface area contributed by atoms with Crippen molar-refractivity contribution in [3.05, 3.63) is 71.4 Å². The molecule has 7 heteroatoms. The van der Waals surface area contributed by atoms with Gasteiger partial charge in [-0.1, -0.05) is 30.3 Å². The van der Waals surface area contributed by atoms with Crippen molar-refractivity contribution in [1.29, 1.82) is 0 Å². The molecule has 176 valence electrons. The highest BCUT2D eigenvalue weighted by molar-refractivity contribution is 7.80. The van der Waals surface area contributed by atoms with E-state index in [1.807, 2.05) is 49.1 Å². The summed E-state index contributed by atoms with van der Waals surface area (Å²) in [7, 11) is 0. The van der Waals surface area contributed by atoms with E-state index < -0.39 is 0 Å². The highest BCUT2D eigenvalue weighted by Crippen LogP contribution is 2.29. The summed E-state index contributed by atoms with van der Waals surface area (Å²) >= 11 is 5.41. The molecule has 0 radical (unpaired) electrons. The van der Waals surface area contributed by atoms with Gasteiger partial charge < -0.3 is 25.2 Å². The number of allylic oxidation sites excluding steroid dienone is 1. The first kappa shape index (κ1) is 24.6. The summed E-state index contributed by atoms with van der Waals surface area (Å²) in [6.07, 6.45) is 0. The average molecular weight is 467 g/mol. The molecule has 0 fully saturated rings. The van der Waals surface area contributed by atoms with Crippen LogP contribution in [0.5, 0.6) is 5.75 Å². The van der Waals surface area contributed by atoms with Crippen molar-refractivity contribution >= 4 is 28.9 Å². The second-order valence-corrected chi connectivity index (χ2v) is 8.29. The normalized spacial score (nSPS) is 15.5. The van der Waals surface area contributed by atoms with Gasteiger partial charge in [-0.2, -0.15) is 0 Å². The summed E-state index contributed by atoms with van der Waals surface area (Å²) in [6.45, 7) is 11.6. The minimum Gasteiger partial charge on any atom is -0.492 e. The average Bonchev–Trinajstić information content (AvgIpc) is 2.83. The lowest BCUT2D eigenvalue weighted by molar-refractivity contribution is -0.127. The van der Waals surface area contributed by atoms with E-state index >= 15 is 0 Å². The Labute approximate surface area is 202 Å². The zero-order valence-corrected chi connectivity index (χ0v) is 20.7. The number of likely N-dealkylation sites (N-methyl/N-ethyl adjacent to an activating group) is 1. The molecule has 2 N–H and O–H groups in total. The number of nitrogens with one attached hydrogen (secondary N) is 2. The SMILES string of the molecule is CCN(CCOc1ccccc1)C(=O)C1=C(C)NC(=S)NC1c1ccc(N(CC)CC)cc1. The lowest BCUT2D eigenvalue weighted by Gasteiger charge is -2.33. The van der Waals surface area contributed by atoms with Crippen molar-refractivity contribution in [3.8, 4) is 5.75 Å². The van der Waals surface area contributed by atoms with Crippen molar-refractivity contribution in [2.45, 2.75) is 33.7 Å². The number of rotatable bonds is 10. The number of thiocarbonyl (C=S) groups is 1. The third-order valence-electron chi connectivity index (χ3n) is 5.90. The van der Waals surface area contributed by atoms with Gasteiger partial charge in [0.1, 0.15) is 12.4 Å². The van der Waals surface area contributed by atoms with Crippen LogP contribution >= 0.6 is 12.2 Å². The van der Waals surface area contributed by atoms with Crippen LogP contribution < -0.4 is 20.3 Å². The van der Waals surface area contributed by atoms with Crippen LogP contribution in [-0.4, -0.2) is 48.7 Å². The number of carbonyl (C=O) groups excluding carboxylic acids is 1. The van der Waals surface area contributed by atoms with Crippen LogP contribution in [0.4, 0.5) is 5.69 Å². The summed E-state index contributed by atoms with van der Waals surface area (Å²) < 4.78 is 5.82. The molecule has 33 heavy (non-hydrogen) atoms. The Hall–Kier alpha value is -3.06. The molecule has 0 aromatic heterocycles. The van der Waals surface area contributed by atoms with Gasteiger partial charge in [-0.05, 0) is 69.7 Å². The number of hydrogen-bond donors (Lipinski definition) is 2. The maximum atomic E-state index is 13.6. The van der Waals surface area contributed by atoms with Crippen LogP contribution in [-0.2, 0) is 4.79 Å². The number of ether oxygens (including phenoxy) is 1. The van der Waals surface area contributed by atoms with Crippen LogP contribution in [0.25, 0.3) is 0 Å². The molecule has 0 saturated carbocycles. The summed E-state index contributed by atoms with van der Waals surface area (Å²) in [5, 5.41) is 6.96. The standard InChI is InChI=1S/C26H34N4O2S/c1-5-29(6-2)21-15-13-20(14-16-21)24-23(19(4)27-26(33)28-24)25(31)30(7-3)17-18-32-22-11-9-8-10-12-22/h8-16,24H,5-7,17-18H2,1-4H3,(H2,27,28,33). The zero-order valence-electron chi connectivity index (χ0n) is 19.9. The smallest absolute Gasteiger partial charge is 0.254 e. The van der Waals surface area contributed by atoms with E-state index in [1.54, 1.807) is 0 Å². The molecule has 1 amide bonds. The molecule has 1 atom stereocenters. The number of anilines is 1.